The van der Waals surface area contributed by atoms with Crippen LogP contribution in [0.25, 0.3) is 0 Å². The van der Waals surface area contributed by atoms with Crippen molar-refractivity contribution in [3.63, 3.8) is 0 Å². The molecule has 0 aliphatic rings. The molecule has 0 aliphatic carbocycles. The summed E-state index contributed by atoms with van der Waals surface area (Å²) in [5.41, 5.74) is 0.604. The first-order valence-corrected chi connectivity index (χ1v) is 7.09. The van der Waals surface area contributed by atoms with Gasteiger partial charge in [-0.05, 0) is 17.7 Å². The third-order valence-corrected chi connectivity index (χ3v) is 3.28. The van der Waals surface area contributed by atoms with Gasteiger partial charge in [-0.25, -0.2) is 9.37 Å². The summed E-state index contributed by atoms with van der Waals surface area (Å²) >= 11 is 1.25. The first-order valence-electron chi connectivity index (χ1n) is 6.27. The molecular weight excluding hydrogens is 291 g/mol. The molecule has 0 radical (unpaired) electrons. The summed E-state index contributed by atoms with van der Waals surface area (Å²) in [6, 6.07) is 5.92. The average molecular weight is 304 g/mol. The molecule has 0 spiro atoms. The van der Waals surface area contributed by atoms with Crippen molar-refractivity contribution in [1.82, 2.24) is 4.98 Å². The van der Waals surface area contributed by atoms with Gasteiger partial charge in [-0.1, -0.05) is 35.3 Å². The third-order valence-electron chi connectivity index (χ3n) is 2.45. The monoisotopic (exact) mass is 304 g/mol. The molecule has 4 nitrogen and oxygen atoms in total. The fourth-order valence-electron chi connectivity index (χ4n) is 1.59. The Labute approximate surface area is 125 Å². The number of rotatable bonds is 4. The Bertz CT molecular complexity index is 688. The van der Waals surface area contributed by atoms with Gasteiger partial charge in [-0.15, -0.1) is 0 Å². The zero-order valence-corrected chi connectivity index (χ0v) is 11.9. The lowest BCUT2D eigenvalue weighted by molar-refractivity contribution is -0.115. The minimum Gasteiger partial charge on any atom is -0.395 e. The van der Waals surface area contributed by atoms with Gasteiger partial charge in [0.25, 0.3) is 0 Å². The molecule has 0 fully saturated rings. The zero-order chi connectivity index (χ0) is 15.1. The fourth-order valence-corrected chi connectivity index (χ4v) is 2.30. The zero-order valence-electron chi connectivity index (χ0n) is 11.1. The van der Waals surface area contributed by atoms with E-state index in [0.29, 0.717) is 22.0 Å². The largest absolute Gasteiger partial charge is 0.395 e. The van der Waals surface area contributed by atoms with Crippen LogP contribution in [0.5, 0.6) is 0 Å². The predicted molar refractivity (Wildman–Crippen MR) is 79.4 cm³/mol. The molecule has 0 aliphatic heterocycles. The van der Waals surface area contributed by atoms with Crippen molar-refractivity contribution in [2.45, 2.75) is 12.8 Å². The molecule has 0 bridgehead atoms. The van der Waals surface area contributed by atoms with E-state index in [9.17, 15) is 9.18 Å². The van der Waals surface area contributed by atoms with Crippen LogP contribution in [0.3, 0.4) is 0 Å². The second-order valence-corrected chi connectivity index (χ2v) is 5.19. The van der Waals surface area contributed by atoms with E-state index in [2.05, 4.69) is 22.1 Å². The van der Waals surface area contributed by atoms with Crippen molar-refractivity contribution >= 4 is 22.4 Å². The highest BCUT2D eigenvalue weighted by Crippen LogP contribution is 2.17. The van der Waals surface area contributed by atoms with Crippen LogP contribution in [0, 0.1) is 17.7 Å². The van der Waals surface area contributed by atoms with E-state index in [1.807, 2.05) is 0 Å². The van der Waals surface area contributed by atoms with Crippen LogP contribution in [0.2, 0.25) is 0 Å². The van der Waals surface area contributed by atoms with Crippen molar-refractivity contribution in [2.24, 2.45) is 0 Å². The van der Waals surface area contributed by atoms with E-state index in [1.165, 1.54) is 23.5 Å². The third kappa shape index (κ3) is 4.99. The number of aliphatic hydroxyl groups excluding tert-OH is 1. The van der Waals surface area contributed by atoms with Crippen LogP contribution in [-0.2, 0) is 11.2 Å². The number of nitrogens with zero attached hydrogens (tertiary/aromatic N) is 1. The molecule has 2 aromatic rings. The van der Waals surface area contributed by atoms with E-state index >= 15 is 0 Å². The second kappa shape index (κ2) is 7.53. The van der Waals surface area contributed by atoms with E-state index < -0.39 is 0 Å². The normalized spacial score (nSPS) is 9.81. The molecule has 108 valence electrons. The van der Waals surface area contributed by atoms with Gasteiger partial charge in [0.15, 0.2) is 5.13 Å². The predicted octanol–water partition coefficient (Wildman–Crippen LogP) is 2.20. The highest BCUT2D eigenvalue weighted by Gasteiger charge is 2.07. The molecule has 1 aromatic heterocycles. The molecule has 2 rings (SSSR count). The number of nitrogens with one attached hydrogen (secondary N) is 1. The van der Waals surface area contributed by atoms with Gasteiger partial charge >= 0.3 is 0 Å². The molecule has 1 amide bonds. The van der Waals surface area contributed by atoms with E-state index in [1.54, 1.807) is 18.3 Å². The van der Waals surface area contributed by atoms with Crippen LogP contribution < -0.4 is 5.32 Å². The Hall–Kier alpha value is -2.23. The summed E-state index contributed by atoms with van der Waals surface area (Å²) in [5.74, 6) is 5.00. The van der Waals surface area contributed by atoms with E-state index in [-0.39, 0.29) is 24.8 Å². The van der Waals surface area contributed by atoms with E-state index in [0.717, 1.165) is 0 Å². The van der Waals surface area contributed by atoms with Gasteiger partial charge < -0.3 is 10.4 Å². The van der Waals surface area contributed by atoms with Gasteiger partial charge in [0.1, 0.15) is 5.82 Å². The van der Waals surface area contributed by atoms with Crippen LogP contribution in [-0.4, -0.2) is 22.6 Å². The van der Waals surface area contributed by atoms with Gasteiger partial charge in [0, 0.05) is 6.42 Å². The lowest BCUT2D eigenvalue weighted by atomic mass is 10.1. The maximum absolute atomic E-state index is 13.0. The van der Waals surface area contributed by atoms with Crippen LogP contribution in [0.1, 0.15) is 16.9 Å². The number of halogens is 1. The highest BCUT2D eigenvalue weighted by molar-refractivity contribution is 7.16. The topological polar surface area (TPSA) is 62.2 Å². The molecule has 0 unspecified atom stereocenters. The second-order valence-electron chi connectivity index (χ2n) is 4.16. The lowest BCUT2D eigenvalue weighted by Gasteiger charge is -2.01. The molecule has 6 heteroatoms. The highest BCUT2D eigenvalue weighted by atomic mass is 32.1. The number of carbonyl (C=O) groups excluding carboxylic acids is 1. The van der Waals surface area contributed by atoms with Gasteiger partial charge in [-0.3, -0.25) is 4.79 Å². The number of hydrogen-bond donors (Lipinski definition) is 2. The minimum absolute atomic E-state index is 0.0169. The molecule has 21 heavy (non-hydrogen) atoms. The fraction of sp³-hybridized carbons (Fsp3) is 0.200. The summed E-state index contributed by atoms with van der Waals surface area (Å²) in [5, 5.41) is 11.7. The van der Waals surface area contributed by atoms with Gasteiger partial charge in [-0.2, -0.15) is 0 Å². The molecule has 1 heterocycles. The standard InChI is InChI=1S/C15H13FN2O2S/c16-12-5-3-4-11(8-12)9-14(20)18-15-17-10-13(21-15)6-1-2-7-19/h3-5,8,10,19H,2,7,9H2,(H,17,18,20). The maximum atomic E-state index is 13.0. The number of aliphatic hydroxyl groups is 1. The van der Waals surface area contributed by atoms with Crippen molar-refractivity contribution in [3.8, 4) is 11.8 Å². The Kier molecular flexibility index (Phi) is 5.43. The SMILES string of the molecule is O=C(Cc1cccc(F)c1)Nc1ncc(C#CCCO)s1. The first-order chi connectivity index (χ1) is 10.2. The molecular formula is C15H13FN2O2S. The number of carbonyl (C=O) groups is 1. The van der Waals surface area contributed by atoms with Crippen molar-refractivity contribution < 1.29 is 14.3 Å². The molecule has 2 N–H and O–H groups in total. The summed E-state index contributed by atoms with van der Waals surface area (Å²) in [6.45, 7) is 0.0169. The molecule has 0 atom stereocenters. The molecule has 0 saturated heterocycles. The van der Waals surface area contributed by atoms with Crippen molar-refractivity contribution in [1.29, 1.82) is 0 Å². The molecule has 0 saturated carbocycles. The Morgan fingerprint density at radius 3 is 3.10 bits per heavy atom. The number of anilines is 1. The van der Waals surface area contributed by atoms with Crippen molar-refractivity contribution in [2.75, 3.05) is 11.9 Å². The first kappa shape index (κ1) is 15.2. The van der Waals surface area contributed by atoms with Crippen molar-refractivity contribution in [3.05, 3.63) is 46.7 Å². The number of aromatic nitrogens is 1. The van der Waals surface area contributed by atoms with E-state index in [4.69, 9.17) is 5.11 Å². The van der Waals surface area contributed by atoms with Gasteiger partial charge in [0.2, 0.25) is 5.91 Å². The summed E-state index contributed by atoms with van der Waals surface area (Å²) < 4.78 is 13.0. The number of amides is 1. The number of hydrogen-bond acceptors (Lipinski definition) is 4. The quantitative estimate of drug-likeness (QED) is 0.851. The van der Waals surface area contributed by atoms with Crippen LogP contribution in [0.4, 0.5) is 9.52 Å². The Morgan fingerprint density at radius 2 is 2.33 bits per heavy atom. The minimum atomic E-state index is -0.365. The lowest BCUT2D eigenvalue weighted by Crippen LogP contribution is -2.14. The Balaban J connectivity index is 1.93. The van der Waals surface area contributed by atoms with Crippen LogP contribution in [0.15, 0.2) is 30.5 Å². The molecule has 1 aromatic carbocycles. The summed E-state index contributed by atoms with van der Waals surface area (Å²) in [6.07, 6.45) is 2.05. The Morgan fingerprint density at radius 1 is 1.48 bits per heavy atom. The number of benzene rings is 1. The summed E-state index contributed by atoms with van der Waals surface area (Å²) in [7, 11) is 0. The maximum Gasteiger partial charge on any atom is 0.230 e. The average Bonchev–Trinajstić information content (AvgIpc) is 2.86. The number of thiazole rings is 1. The summed E-state index contributed by atoms with van der Waals surface area (Å²) in [4.78, 5) is 16.6. The van der Waals surface area contributed by atoms with Crippen LogP contribution >= 0.6 is 11.3 Å². The van der Waals surface area contributed by atoms with Gasteiger partial charge in [0.05, 0.1) is 24.1 Å². The smallest absolute Gasteiger partial charge is 0.230 e.